The molecule has 1 aliphatic heterocycles. The van der Waals surface area contributed by atoms with Crippen LogP contribution in [0.15, 0.2) is 0 Å². The quantitative estimate of drug-likeness (QED) is 0.383. The maximum Gasteiger partial charge on any atom is 0.236 e. The third-order valence-electron chi connectivity index (χ3n) is 2.12. The standard InChI is InChI=1S/C7H14N2O3/c1-8-7(12)4-2-6(11)5(3-10)9-4/h4-6,9-11H,2-3H2,1H3,(H,8,12)/t4-,5-,6+/m1/s1. The van der Waals surface area contributed by atoms with Gasteiger partial charge in [-0.3, -0.25) is 10.1 Å². The SMILES string of the molecule is CNC(=O)[C@H]1C[C@H](O)[C@@H](CO)N1. The van der Waals surface area contributed by atoms with E-state index in [0.29, 0.717) is 6.42 Å². The molecular weight excluding hydrogens is 160 g/mol. The number of carbonyl (C=O) groups is 1. The minimum Gasteiger partial charge on any atom is -0.395 e. The first-order chi connectivity index (χ1) is 5.69. The zero-order chi connectivity index (χ0) is 9.14. The van der Waals surface area contributed by atoms with Crippen LogP contribution in [-0.2, 0) is 4.79 Å². The summed E-state index contributed by atoms with van der Waals surface area (Å²) in [4.78, 5) is 11.1. The van der Waals surface area contributed by atoms with Gasteiger partial charge in [-0.2, -0.15) is 0 Å². The van der Waals surface area contributed by atoms with Crippen LogP contribution in [0.5, 0.6) is 0 Å². The van der Waals surface area contributed by atoms with Crippen molar-refractivity contribution in [3.05, 3.63) is 0 Å². The molecule has 1 rings (SSSR count). The number of aliphatic hydroxyl groups is 2. The van der Waals surface area contributed by atoms with E-state index in [1.807, 2.05) is 0 Å². The van der Waals surface area contributed by atoms with E-state index in [-0.39, 0.29) is 24.6 Å². The van der Waals surface area contributed by atoms with Gasteiger partial charge in [-0.25, -0.2) is 0 Å². The van der Waals surface area contributed by atoms with Crippen molar-refractivity contribution in [1.82, 2.24) is 10.6 Å². The molecule has 0 spiro atoms. The van der Waals surface area contributed by atoms with E-state index < -0.39 is 6.10 Å². The Labute approximate surface area is 70.8 Å². The Hall–Kier alpha value is -0.650. The van der Waals surface area contributed by atoms with Crippen LogP contribution in [0, 0.1) is 0 Å². The van der Waals surface area contributed by atoms with E-state index in [1.54, 1.807) is 7.05 Å². The molecule has 1 fully saturated rings. The molecule has 0 bridgehead atoms. The lowest BCUT2D eigenvalue weighted by atomic mass is 10.1. The summed E-state index contributed by atoms with van der Waals surface area (Å²) >= 11 is 0. The third kappa shape index (κ3) is 1.74. The average molecular weight is 174 g/mol. The summed E-state index contributed by atoms with van der Waals surface area (Å²) in [5.41, 5.74) is 0. The van der Waals surface area contributed by atoms with Crippen LogP contribution in [0.1, 0.15) is 6.42 Å². The summed E-state index contributed by atoms with van der Waals surface area (Å²) in [6.07, 6.45) is -0.262. The fraction of sp³-hybridized carbons (Fsp3) is 0.857. The van der Waals surface area contributed by atoms with Crippen molar-refractivity contribution in [2.75, 3.05) is 13.7 Å². The molecule has 0 aromatic carbocycles. The highest BCUT2D eigenvalue weighted by Crippen LogP contribution is 2.12. The number of rotatable bonds is 2. The van der Waals surface area contributed by atoms with Crippen LogP contribution in [0.25, 0.3) is 0 Å². The van der Waals surface area contributed by atoms with E-state index in [1.165, 1.54) is 0 Å². The first-order valence-corrected chi connectivity index (χ1v) is 3.95. The van der Waals surface area contributed by atoms with Gasteiger partial charge in [0.1, 0.15) is 0 Å². The molecule has 0 aromatic rings. The number of hydrogen-bond donors (Lipinski definition) is 4. The first-order valence-electron chi connectivity index (χ1n) is 3.95. The number of nitrogens with one attached hydrogen (secondary N) is 2. The van der Waals surface area contributed by atoms with Crippen LogP contribution >= 0.6 is 0 Å². The summed E-state index contributed by atoms with van der Waals surface area (Å²) in [5.74, 6) is -0.148. The monoisotopic (exact) mass is 174 g/mol. The molecule has 1 amide bonds. The van der Waals surface area contributed by atoms with Crippen molar-refractivity contribution in [3.63, 3.8) is 0 Å². The van der Waals surface area contributed by atoms with Gasteiger partial charge >= 0.3 is 0 Å². The molecule has 0 aromatic heterocycles. The molecule has 3 atom stereocenters. The third-order valence-corrected chi connectivity index (χ3v) is 2.12. The van der Waals surface area contributed by atoms with Gasteiger partial charge in [0, 0.05) is 7.05 Å². The van der Waals surface area contributed by atoms with Crippen molar-refractivity contribution in [2.24, 2.45) is 0 Å². The zero-order valence-corrected chi connectivity index (χ0v) is 6.95. The predicted molar refractivity (Wildman–Crippen MR) is 42.5 cm³/mol. The summed E-state index contributed by atoms with van der Waals surface area (Å²) in [6, 6.07) is -0.741. The normalized spacial score (nSPS) is 35.1. The highest BCUT2D eigenvalue weighted by molar-refractivity contribution is 5.81. The lowest BCUT2D eigenvalue weighted by Gasteiger charge is -2.11. The Bertz CT molecular complexity index is 174. The van der Waals surface area contributed by atoms with Gasteiger partial charge in [-0.05, 0) is 6.42 Å². The number of likely N-dealkylation sites (N-methyl/N-ethyl adjacent to an activating group) is 1. The number of aliphatic hydroxyl groups excluding tert-OH is 2. The maximum absolute atomic E-state index is 11.1. The van der Waals surface area contributed by atoms with Gasteiger partial charge in [-0.15, -0.1) is 0 Å². The maximum atomic E-state index is 11.1. The van der Waals surface area contributed by atoms with E-state index >= 15 is 0 Å². The summed E-state index contributed by atoms with van der Waals surface area (Å²) in [7, 11) is 1.54. The van der Waals surface area contributed by atoms with E-state index in [2.05, 4.69) is 10.6 Å². The summed E-state index contributed by atoms with van der Waals surface area (Å²) in [5, 5.41) is 23.4. The predicted octanol–water partition coefficient (Wildman–Crippen LogP) is -2.18. The van der Waals surface area contributed by atoms with Crippen molar-refractivity contribution in [2.45, 2.75) is 24.6 Å². The smallest absolute Gasteiger partial charge is 0.236 e. The Kier molecular flexibility index (Phi) is 3.02. The van der Waals surface area contributed by atoms with Gasteiger partial charge in [0.15, 0.2) is 0 Å². The van der Waals surface area contributed by atoms with Crippen LogP contribution in [0.3, 0.4) is 0 Å². The Balaban J connectivity index is 2.48. The fourth-order valence-electron chi connectivity index (χ4n) is 1.37. The fourth-order valence-corrected chi connectivity index (χ4v) is 1.37. The highest BCUT2D eigenvalue weighted by Gasteiger charge is 2.35. The molecule has 5 nitrogen and oxygen atoms in total. The van der Waals surface area contributed by atoms with E-state index in [9.17, 15) is 9.90 Å². The van der Waals surface area contributed by atoms with E-state index in [4.69, 9.17) is 5.11 Å². The van der Waals surface area contributed by atoms with E-state index in [0.717, 1.165) is 0 Å². The van der Waals surface area contributed by atoms with Crippen molar-refractivity contribution in [3.8, 4) is 0 Å². The van der Waals surface area contributed by atoms with Gasteiger partial charge in [0.2, 0.25) is 5.91 Å². The van der Waals surface area contributed by atoms with Gasteiger partial charge in [-0.1, -0.05) is 0 Å². The van der Waals surface area contributed by atoms with Gasteiger partial charge in [0.25, 0.3) is 0 Å². The molecule has 12 heavy (non-hydrogen) atoms. The molecule has 0 saturated carbocycles. The average Bonchev–Trinajstić information content (AvgIpc) is 2.45. The largest absolute Gasteiger partial charge is 0.395 e. The molecular formula is C7H14N2O3. The molecule has 1 saturated heterocycles. The summed E-state index contributed by atoms with van der Waals surface area (Å²) in [6.45, 7) is -0.144. The van der Waals surface area contributed by atoms with Crippen LogP contribution in [0.2, 0.25) is 0 Å². The zero-order valence-electron chi connectivity index (χ0n) is 6.95. The second kappa shape index (κ2) is 3.84. The van der Waals surface area contributed by atoms with Crippen LogP contribution in [0.4, 0.5) is 0 Å². The highest BCUT2D eigenvalue weighted by atomic mass is 16.3. The minimum absolute atomic E-state index is 0.144. The molecule has 1 aliphatic rings. The molecule has 0 radical (unpaired) electrons. The second-order valence-electron chi connectivity index (χ2n) is 2.93. The lowest BCUT2D eigenvalue weighted by molar-refractivity contribution is -0.122. The van der Waals surface area contributed by atoms with Crippen molar-refractivity contribution >= 4 is 5.91 Å². The molecule has 4 N–H and O–H groups in total. The summed E-state index contributed by atoms with van der Waals surface area (Å²) < 4.78 is 0. The Morgan fingerprint density at radius 2 is 2.42 bits per heavy atom. The lowest BCUT2D eigenvalue weighted by Crippen LogP contribution is -2.43. The topological polar surface area (TPSA) is 81.6 Å². The van der Waals surface area contributed by atoms with Crippen LogP contribution < -0.4 is 10.6 Å². The number of amides is 1. The number of carbonyl (C=O) groups excluding carboxylic acids is 1. The molecule has 5 heteroatoms. The van der Waals surface area contributed by atoms with Crippen LogP contribution in [-0.4, -0.2) is 48.0 Å². The second-order valence-corrected chi connectivity index (χ2v) is 2.93. The Morgan fingerprint density at radius 3 is 2.83 bits per heavy atom. The van der Waals surface area contributed by atoms with Gasteiger partial charge in [0.05, 0.1) is 24.8 Å². The first kappa shape index (κ1) is 9.44. The minimum atomic E-state index is -0.628. The number of hydrogen-bond acceptors (Lipinski definition) is 4. The Morgan fingerprint density at radius 1 is 1.75 bits per heavy atom. The van der Waals surface area contributed by atoms with Crippen molar-refractivity contribution in [1.29, 1.82) is 0 Å². The van der Waals surface area contributed by atoms with Crippen molar-refractivity contribution < 1.29 is 15.0 Å². The molecule has 0 aliphatic carbocycles. The van der Waals surface area contributed by atoms with Gasteiger partial charge < -0.3 is 15.5 Å². The molecule has 70 valence electrons. The molecule has 1 heterocycles. The molecule has 0 unspecified atom stereocenters.